The number of aliphatic hydroxyl groups is 1. The van der Waals surface area contributed by atoms with Crippen LogP contribution in [0.25, 0.3) is 0 Å². The predicted octanol–water partition coefficient (Wildman–Crippen LogP) is 3.07. The van der Waals surface area contributed by atoms with E-state index >= 15 is 0 Å². The Hall–Kier alpha value is -1.74. The molecule has 2 saturated heterocycles. The minimum absolute atomic E-state index is 0.00969. The van der Waals surface area contributed by atoms with Gasteiger partial charge in [0.05, 0.1) is 23.3 Å². The van der Waals surface area contributed by atoms with E-state index in [4.69, 9.17) is 5.26 Å². The van der Waals surface area contributed by atoms with E-state index in [-0.39, 0.29) is 23.3 Å². The van der Waals surface area contributed by atoms with E-state index in [0.29, 0.717) is 12.8 Å². The van der Waals surface area contributed by atoms with E-state index in [2.05, 4.69) is 0 Å². The van der Waals surface area contributed by atoms with Crippen molar-refractivity contribution in [3.05, 3.63) is 29.3 Å². The minimum Gasteiger partial charge on any atom is -0.393 e. The van der Waals surface area contributed by atoms with Crippen molar-refractivity contribution in [1.29, 1.82) is 5.26 Å². The second-order valence-electron chi connectivity index (χ2n) is 5.76. The first-order valence-corrected chi connectivity index (χ1v) is 6.98. The molecule has 2 heterocycles. The molecule has 3 nitrogen and oxygen atoms in total. The fourth-order valence-electron chi connectivity index (χ4n) is 3.60. The van der Waals surface area contributed by atoms with Gasteiger partial charge in [-0.25, -0.2) is 0 Å². The lowest BCUT2D eigenvalue weighted by Gasteiger charge is -2.40. The Morgan fingerprint density at radius 3 is 2.33 bits per heavy atom. The number of hydrogen-bond donors (Lipinski definition) is 1. The summed E-state index contributed by atoms with van der Waals surface area (Å²) in [5, 5.41) is 18.6. The molecule has 0 spiro atoms. The quantitative estimate of drug-likeness (QED) is 0.866. The lowest BCUT2D eigenvalue weighted by Crippen LogP contribution is -2.45. The molecule has 3 atom stereocenters. The maximum Gasteiger partial charge on any atom is 0.418 e. The van der Waals surface area contributed by atoms with E-state index in [1.165, 1.54) is 12.1 Å². The highest BCUT2D eigenvalue weighted by atomic mass is 19.4. The Morgan fingerprint density at radius 2 is 1.81 bits per heavy atom. The number of hydrogen-bond acceptors (Lipinski definition) is 3. The van der Waals surface area contributed by atoms with Crippen LogP contribution in [0.15, 0.2) is 18.2 Å². The van der Waals surface area contributed by atoms with Gasteiger partial charge >= 0.3 is 6.18 Å². The summed E-state index contributed by atoms with van der Waals surface area (Å²) >= 11 is 0. The third-order valence-corrected chi connectivity index (χ3v) is 4.42. The molecule has 2 aliphatic rings. The molecule has 2 bridgehead atoms. The molecule has 112 valence electrons. The summed E-state index contributed by atoms with van der Waals surface area (Å²) < 4.78 is 39.9. The Balaban J connectivity index is 2.05. The summed E-state index contributed by atoms with van der Waals surface area (Å²) in [5.74, 6) is 0. The monoisotopic (exact) mass is 296 g/mol. The fraction of sp³-hybridized carbons (Fsp3) is 0.533. The van der Waals surface area contributed by atoms with Crippen LogP contribution in [-0.2, 0) is 6.18 Å². The molecule has 0 radical (unpaired) electrons. The third-order valence-electron chi connectivity index (χ3n) is 4.42. The number of aliphatic hydroxyl groups excluding tert-OH is 1. The molecule has 1 aromatic rings. The summed E-state index contributed by atoms with van der Waals surface area (Å²) in [7, 11) is 0. The molecular formula is C15H15F3N2O. The van der Waals surface area contributed by atoms with Crippen molar-refractivity contribution in [3.63, 3.8) is 0 Å². The van der Waals surface area contributed by atoms with E-state index in [0.717, 1.165) is 18.9 Å². The number of benzene rings is 1. The van der Waals surface area contributed by atoms with Crippen LogP contribution >= 0.6 is 0 Å². The first kappa shape index (κ1) is 14.2. The molecule has 0 aliphatic carbocycles. The molecule has 1 N–H and O–H groups in total. The summed E-state index contributed by atoms with van der Waals surface area (Å²) in [6, 6.07) is 5.39. The first-order chi connectivity index (χ1) is 9.90. The molecule has 0 unspecified atom stereocenters. The van der Waals surface area contributed by atoms with Gasteiger partial charge < -0.3 is 10.0 Å². The second-order valence-corrected chi connectivity index (χ2v) is 5.76. The first-order valence-electron chi connectivity index (χ1n) is 6.98. The fourth-order valence-corrected chi connectivity index (χ4v) is 3.60. The van der Waals surface area contributed by atoms with E-state index < -0.39 is 17.8 Å². The Bertz CT molecular complexity index is 580. The molecule has 1 aromatic carbocycles. The highest BCUT2D eigenvalue weighted by molar-refractivity contribution is 5.60. The van der Waals surface area contributed by atoms with Crippen LogP contribution < -0.4 is 4.90 Å². The van der Waals surface area contributed by atoms with Crippen LogP contribution in [0.5, 0.6) is 0 Å². The number of fused-ring (bicyclic) bond motifs is 2. The van der Waals surface area contributed by atoms with Gasteiger partial charge in [-0.1, -0.05) is 0 Å². The van der Waals surface area contributed by atoms with Crippen molar-refractivity contribution in [2.45, 2.75) is 50.0 Å². The van der Waals surface area contributed by atoms with Crippen LogP contribution in [0.1, 0.15) is 36.8 Å². The molecule has 0 amide bonds. The zero-order valence-electron chi connectivity index (χ0n) is 11.3. The van der Waals surface area contributed by atoms with Crippen LogP contribution in [0.4, 0.5) is 18.9 Å². The van der Waals surface area contributed by atoms with Gasteiger partial charge in [0.25, 0.3) is 0 Å². The van der Waals surface area contributed by atoms with Gasteiger partial charge in [-0.3, -0.25) is 0 Å². The normalized spacial score (nSPS) is 28.5. The summed E-state index contributed by atoms with van der Waals surface area (Å²) in [4.78, 5) is 1.80. The highest BCUT2D eigenvalue weighted by Gasteiger charge is 2.44. The number of rotatable bonds is 1. The van der Waals surface area contributed by atoms with Crippen LogP contribution in [0.2, 0.25) is 0 Å². The number of halogens is 3. The van der Waals surface area contributed by atoms with Gasteiger partial charge in [0, 0.05) is 17.8 Å². The smallest absolute Gasteiger partial charge is 0.393 e. The Morgan fingerprint density at radius 1 is 1.19 bits per heavy atom. The summed E-state index contributed by atoms with van der Waals surface area (Å²) in [6.45, 7) is 0. The largest absolute Gasteiger partial charge is 0.418 e. The van der Waals surface area contributed by atoms with Gasteiger partial charge in [0.1, 0.15) is 0 Å². The standard InChI is InChI=1S/C15H15F3N2O/c16-15(17,18)13-5-9(8-19)1-4-14(13)20-10-2-3-11(20)7-12(21)6-10/h1,4-5,10-12,21H,2-3,6-7H2/t10-,11+,12+. The third kappa shape index (κ3) is 2.46. The van der Waals surface area contributed by atoms with E-state index in [1.54, 1.807) is 11.0 Å². The van der Waals surface area contributed by atoms with E-state index in [9.17, 15) is 18.3 Å². The molecule has 2 aliphatic heterocycles. The predicted molar refractivity (Wildman–Crippen MR) is 70.7 cm³/mol. The topological polar surface area (TPSA) is 47.3 Å². The Kier molecular flexibility index (Phi) is 3.33. The van der Waals surface area contributed by atoms with Crippen molar-refractivity contribution in [2.75, 3.05) is 4.90 Å². The zero-order chi connectivity index (χ0) is 15.2. The van der Waals surface area contributed by atoms with Gasteiger partial charge in [0.15, 0.2) is 0 Å². The zero-order valence-corrected chi connectivity index (χ0v) is 11.3. The molecule has 3 rings (SSSR count). The van der Waals surface area contributed by atoms with Crippen molar-refractivity contribution >= 4 is 5.69 Å². The number of piperidine rings is 1. The van der Waals surface area contributed by atoms with Gasteiger partial charge in [-0.2, -0.15) is 18.4 Å². The van der Waals surface area contributed by atoms with E-state index in [1.807, 2.05) is 0 Å². The average molecular weight is 296 g/mol. The second kappa shape index (κ2) is 4.92. The van der Waals surface area contributed by atoms with Crippen LogP contribution in [-0.4, -0.2) is 23.3 Å². The maximum absolute atomic E-state index is 13.3. The average Bonchev–Trinajstić information content (AvgIpc) is 2.69. The lowest BCUT2D eigenvalue weighted by atomic mass is 9.97. The molecule has 6 heteroatoms. The molecule has 21 heavy (non-hydrogen) atoms. The minimum atomic E-state index is -4.49. The number of nitriles is 1. The van der Waals surface area contributed by atoms with Crippen molar-refractivity contribution < 1.29 is 18.3 Å². The molecule has 0 aromatic heterocycles. The van der Waals surface area contributed by atoms with Gasteiger partial charge in [-0.05, 0) is 43.9 Å². The van der Waals surface area contributed by atoms with Crippen molar-refractivity contribution in [1.82, 2.24) is 0 Å². The summed E-state index contributed by atoms with van der Waals surface area (Å²) in [5.41, 5.74) is -0.605. The highest BCUT2D eigenvalue weighted by Crippen LogP contribution is 2.44. The molecule has 2 fully saturated rings. The lowest BCUT2D eigenvalue weighted by molar-refractivity contribution is -0.137. The maximum atomic E-state index is 13.3. The number of alkyl halides is 3. The number of nitrogens with zero attached hydrogens (tertiary/aromatic N) is 2. The van der Waals surface area contributed by atoms with Crippen molar-refractivity contribution in [3.8, 4) is 6.07 Å². The van der Waals surface area contributed by atoms with Gasteiger partial charge in [-0.15, -0.1) is 0 Å². The van der Waals surface area contributed by atoms with Crippen LogP contribution in [0.3, 0.4) is 0 Å². The molecular weight excluding hydrogens is 281 g/mol. The molecule has 0 saturated carbocycles. The van der Waals surface area contributed by atoms with Gasteiger partial charge in [0.2, 0.25) is 0 Å². The number of anilines is 1. The van der Waals surface area contributed by atoms with Crippen molar-refractivity contribution in [2.24, 2.45) is 0 Å². The van der Waals surface area contributed by atoms with Crippen LogP contribution in [0, 0.1) is 11.3 Å². The summed E-state index contributed by atoms with van der Waals surface area (Å²) in [6.07, 6.45) is -2.29. The Labute approximate surface area is 120 Å². The SMILES string of the molecule is N#Cc1ccc(N2[C@@H]3CC[C@H]2C[C@@H](O)C3)c(C(F)(F)F)c1.